The number of hydrogen-bond donors (Lipinski definition) is 4. The summed E-state index contributed by atoms with van der Waals surface area (Å²) < 4.78 is 35.2. The second kappa shape index (κ2) is 9.76. The molecule has 0 aromatic rings. The van der Waals surface area contributed by atoms with Crippen LogP contribution in [-0.4, -0.2) is 71.4 Å². The molecule has 0 aliphatic rings. The van der Waals surface area contributed by atoms with Gasteiger partial charge in [0.15, 0.2) is 0 Å². The summed E-state index contributed by atoms with van der Waals surface area (Å²) >= 11 is 0. The fourth-order valence-electron chi connectivity index (χ4n) is 1.23. The first kappa shape index (κ1) is 22.2. The van der Waals surface area contributed by atoms with Gasteiger partial charge in [-0.2, -0.15) is 0 Å². The van der Waals surface area contributed by atoms with E-state index in [0.717, 1.165) is 6.92 Å². The Labute approximate surface area is 137 Å². The third-order valence-electron chi connectivity index (χ3n) is 2.02. The number of aliphatic hydroxyl groups excluding tert-OH is 3. The van der Waals surface area contributed by atoms with Gasteiger partial charge in [0.05, 0.1) is 6.61 Å². The van der Waals surface area contributed by atoms with Crippen molar-refractivity contribution in [1.29, 1.82) is 0 Å². The van der Waals surface area contributed by atoms with Crippen LogP contribution in [0.25, 0.3) is 0 Å². The summed E-state index contributed by atoms with van der Waals surface area (Å²) in [6.07, 6.45) is -6.04. The van der Waals surface area contributed by atoms with E-state index in [4.69, 9.17) is 5.11 Å². The summed E-state index contributed by atoms with van der Waals surface area (Å²) in [5, 5.41) is 29.5. The number of aldehydes is 1. The summed E-state index contributed by atoms with van der Waals surface area (Å²) in [7, 11) is -5.30. The van der Waals surface area contributed by atoms with Crippen molar-refractivity contribution < 1.29 is 71.6 Å². The van der Waals surface area contributed by atoms with Crippen molar-refractivity contribution in [3.63, 3.8) is 0 Å². The third kappa shape index (κ3) is 8.24. The van der Waals surface area contributed by atoms with Gasteiger partial charge in [0, 0.05) is 6.92 Å². The summed E-state index contributed by atoms with van der Waals surface area (Å²) in [5.74, 6) is -0.724. The van der Waals surface area contributed by atoms with Gasteiger partial charge in [0.2, 0.25) is 16.3 Å². The first-order valence-electron chi connectivity index (χ1n) is 4.96. The van der Waals surface area contributed by atoms with Crippen molar-refractivity contribution in [3.8, 4) is 0 Å². The van der Waals surface area contributed by atoms with Crippen molar-refractivity contribution >= 4 is 22.6 Å². The van der Waals surface area contributed by atoms with E-state index in [1.807, 2.05) is 5.32 Å². The predicted octanol–water partition coefficient (Wildman–Crippen LogP) is -6.75. The van der Waals surface area contributed by atoms with Crippen molar-refractivity contribution in [3.05, 3.63) is 0 Å². The Hall–Kier alpha value is -0.110. The second-order valence-corrected chi connectivity index (χ2v) is 4.58. The molecule has 0 aliphatic carbocycles. The van der Waals surface area contributed by atoms with E-state index in [-0.39, 0.29) is 35.8 Å². The van der Waals surface area contributed by atoms with Gasteiger partial charge >= 0.3 is 29.6 Å². The van der Waals surface area contributed by atoms with Crippen LogP contribution < -0.4 is 34.9 Å². The number of amides is 1. The Kier molecular flexibility index (Phi) is 10.8. The van der Waals surface area contributed by atoms with E-state index in [2.05, 4.69) is 4.18 Å². The van der Waals surface area contributed by atoms with Gasteiger partial charge in [0.1, 0.15) is 30.6 Å². The molecule has 4 unspecified atom stereocenters. The molecule has 12 heteroatoms. The molecule has 0 aromatic carbocycles. The van der Waals surface area contributed by atoms with Gasteiger partial charge in [0.25, 0.3) is 0 Å². The third-order valence-corrected chi connectivity index (χ3v) is 2.47. The Morgan fingerprint density at radius 2 is 1.95 bits per heavy atom. The van der Waals surface area contributed by atoms with Crippen molar-refractivity contribution in [2.75, 3.05) is 6.61 Å². The molecule has 0 bridgehead atoms. The molecule has 0 fully saturated rings. The Bertz CT molecular complexity index is 414. The average molecular weight is 323 g/mol. The zero-order valence-corrected chi connectivity index (χ0v) is 13.6. The zero-order chi connectivity index (χ0) is 15.2. The maximum Gasteiger partial charge on any atom is 1.00 e. The molecule has 0 saturated carbocycles. The van der Waals surface area contributed by atoms with Crippen LogP contribution in [0.3, 0.4) is 0 Å². The second-order valence-electron chi connectivity index (χ2n) is 3.57. The van der Waals surface area contributed by atoms with Crippen molar-refractivity contribution in [2.45, 2.75) is 31.3 Å². The van der Waals surface area contributed by atoms with E-state index >= 15 is 0 Å². The fourth-order valence-corrected chi connectivity index (χ4v) is 1.74. The van der Waals surface area contributed by atoms with Gasteiger partial charge in [-0.3, -0.25) is 8.98 Å². The standard InChI is InChI=1S/C8H15NO9S.Na/c1-4(12)9-5(2-10)7(14)8(6(13)3-11)18-19(15,16)17;/h2,5-8,11,13-14H,3H2,1H3,(H,9,12)(H,15,16,17);/q;+1/p-1. The molecule has 0 rings (SSSR count). The topological polar surface area (TPSA) is 173 Å². The first-order valence-corrected chi connectivity index (χ1v) is 6.29. The Morgan fingerprint density at radius 1 is 1.45 bits per heavy atom. The molecule has 0 spiro atoms. The van der Waals surface area contributed by atoms with E-state index in [0.29, 0.717) is 0 Å². The van der Waals surface area contributed by atoms with Gasteiger partial charge in [-0.15, -0.1) is 0 Å². The molecule has 4 atom stereocenters. The monoisotopic (exact) mass is 323 g/mol. The van der Waals surface area contributed by atoms with E-state index in [1.165, 1.54) is 0 Å². The van der Waals surface area contributed by atoms with Crippen LogP contribution in [0.2, 0.25) is 0 Å². The van der Waals surface area contributed by atoms with Crippen LogP contribution >= 0.6 is 0 Å². The normalized spacial score (nSPS) is 17.2. The number of carbonyl (C=O) groups excluding carboxylic acids is 2. The smallest absolute Gasteiger partial charge is 0.726 e. The number of hydrogen-bond acceptors (Lipinski definition) is 9. The van der Waals surface area contributed by atoms with E-state index in [9.17, 15) is 32.8 Å². The van der Waals surface area contributed by atoms with Crippen LogP contribution in [0.5, 0.6) is 0 Å². The quantitative estimate of drug-likeness (QED) is 0.146. The van der Waals surface area contributed by atoms with Gasteiger partial charge in [-0.05, 0) is 0 Å². The largest absolute Gasteiger partial charge is 1.00 e. The van der Waals surface area contributed by atoms with Crippen molar-refractivity contribution in [1.82, 2.24) is 5.32 Å². The van der Waals surface area contributed by atoms with Gasteiger partial charge in [-0.1, -0.05) is 0 Å². The van der Waals surface area contributed by atoms with Crippen LogP contribution in [0, 0.1) is 0 Å². The molecule has 0 aliphatic heterocycles. The molecular weight excluding hydrogens is 309 g/mol. The summed E-state index contributed by atoms with van der Waals surface area (Å²) in [5.41, 5.74) is 0. The predicted molar refractivity (Wildman–Crippen MR) is 57.3 cm³/mol. The van der Waals surface area contributed by atoms with E-state index in [1.54, 1.807) is 0 Å². The average Bonchev–Trinajstić information content (AvgIpc) is 2.29. The van der Waals surface area contributed by atoms with Gasteiger partial charge in [-0.25, -0.2) is 8.42 Å². The summed E-state index contributed by atoms with van der Waals surface area (Å²) in [6.45, 7) is -0.0191. The maximum atomic E-state index is 10.8. The van der Waals surface area contributed by atoms with Crippen LogP contribution in [0.1, 0.15) is 6.92 Å². The van der Waals surface area contributed by atoms with Crippen LogP contribution in [-0.2, 0) is 24.2 Å². The molecule has 1 amide bonds. The zero-order valence-electron chi connectivity index (χ0n) is 10.8. The molecule has 0 heterocycles. The SMILES string of the molecule is CC(=O)NC(C=O)C(O)C(OS(=O)(=O)[O-])C(O)CO.[Na+]. The molecule has 0 saturated heterocycles. The minimum absolute atomic E-state index is 0. The number of nitrogens with one attached hydrogen (secondary N) is 1. The maximum absolute atomic E-state index is 10.8. The molecule has 10 nitrogen and oxygen atoms in total. The minimum atomic E-state index is -5.30. The molecule has 4 N–H and O–H groups in total. The number of aliphatic hydroxyl groups is 3. The minimum Gasteiger partial charge on any atom is -0.726 e. The number of carbonyl (C=O) groups is 2. The fraction of sp³-hybridized carbons (Fsp3) is 0.750. The van der Waals surface area contributed by atoms with Crippen LogP contribution in [0.4, 0.5) is 0 Å². The first-order chi connectivity index (χ1) is 8.62. The Morgan fingerprint density at radius 3 is 2.25 bits per heavy atom. The van der Waals surface area contributed by atoms with E-state index < -0.39 is 47.3 Å². The molecule has 112 valence electrons. The molecular formula is C8H14NNaO9S. The summed E-state index contributed by atoms with van der Waals surface area (Å²) in [6, 6.07) is -1.62. The van der Waals surface area contributed by atoms with Gasteiger partial charge < -0.3 is 30.0 Å². The summed E-state index contributed by atoms with van der Waals surface area (Å²) in [4.78, 5) is 21.4. The number of rotatable bonds is 8. The molecule has 0 aromatic heterocycles. The molecule has 20 heavy (non-hydrogen) atoms. The Balaban J connectivity index is 0. The molecule has 0 radical (unpaired) electrons. The van der Waals surface area contributed by atoms with Crippen LogP contribution in [0.15, 0.2) is 0 Å². The van der Waals surface area contributed by atoms with Crippen molar-refractivity contribution in [2.24, 2.45) is 0 Å².